The number of hydrogen-bond donors (Lipinski definition) is 2. The number of benzene rings is 1. The van der Waals surface area contributed by atoms with Gasteiger partial charge < -0.3 is 9.84 Å². The number of ether oxygens (including phenoxy) is 1. The van der Waals surface area contributed by atoms with E-state index in [0.717, 1.165) is 0 Å². The third-order valence-corrected chi connectivity index (χ3v) is 2.75. The Bertz CT molecular complexity index is 523. The van der Waals surface area contributed by atoms with Crippen molar-refractivity contribution in [2.75, 3.05) is 11.9 Å². The number of aliphatic carboxylic acids is 1. The van der Waals surface area contributed by atoms with Crippen LogP contribution in [-0.4, -0.2) is 30.0 Å². The number of carbonyl (C=O) groups excluding carboxylic acids is 1. The zero-order valence-electron chi connectivity index (χ0n) is 11.3. The van der Waals surface area contributed by atoms with Crippen LogP contribution in [0, 0.1) is 0 Å². The summed E-state index contributed by atoms with van der Waals surface area (Å²) >= 11 is 0. The Morgan fingerprint density at radius 2 is 1.71 bits per heavy atom. The maximum absolute atomic E-state index is 11.9. The molecule has 0 aliphatic rings. The molecule has 5 nitrogen and oxygen atoms in total. The first-order chi connectivity index (χ1) is 9.52. The molecule has 1 amide bonds. The number of halogens is 3. The fourth-order valence-corrected chi connectivity index (χ4v) is 1.40. The molecule has 0 unspecified atom stereocenters. The second kappa shape index (κ2) is 6.02. The summed E-state index contributed by atoms with van der Waals surface area (Å²) in [6, 6.07) is 5.70. The van der Waals surface area contributed by atoms with Gasteiger partial charge in [-0.15, -0.1) is 0 Å². The number of alkyl halides is 3. The average molecular weight is 305 g/mol. The first kappa shape index (κ1) is 16.8. The summed E-state index contributed by atoms with van der Waals surface area (Å²) in [5.74, 6) is -1.02. The number of carboxylic acids is 1. The van der Waals surface area contributed by atoms with Gasteiger partial charge in [-0.3, -0.25) is 10.1 Å². The number of hydrogen-bond acceptors (Lipinski definition) is 3. The third kappa shape index (κ3) is 4.97. The molecule has 0 spiro atoms. The van der Waals surface area contributed by atoms with Gasteiger partial charge in [-0.2, -0.15) is 13.2 Å². The highest BCUT2D eigenvalue weighted by Gasteiger charge is 2.30. The lowest BCUT2D eigenvalue weighted by molar-refractivity contribution is -0.159. The van der Waals surface area contributed by atoms with E-state index in [1.165, 1.54) is 38.1 Å². The number of carboxylic acid groups (broad SMARTS) is 1. The quantitative estimate of drug-likeness (QED) is 0.896. The Balaban J connectivity index is 2.67. The molecule has 0 radical (unpaired) electrons. The van der Waals surface area contributed by atoms with Gasteiger partial charge in [0.05, 0.1) is 5.41 Å². The van der Waals surface area contributed by atoms with Crippen LogP contribution >= 0.6 is 0 Å². The summed E-state index contributed by atoms with van der Waals surface area (Å²) in [4.78, 5) is 22.2. The van der Waals surface area contributed by atoms with E-state index in [0.29, 0.717) is 5.56 Å². The molecule has 1 rings (SSSR count). The molecule has 0 saturated heterocycles. The van der Waals surface area contributed by atoms with Gasteiger partial charge in [0.2, 0.25) is 0 Å². The molecule has 0 saturated carbocycles. The maximum Gasteiger partial charge on any atom is 0.422 e. The third-order valence-electron chi connectivity index (χ3n) is 2.75. The van der Waals surface area contributed by atoms with Crippen LogP contribution < -0.4 is 5.32 Å². The van der Waals surface area contributed by atoms with Gasteiger partial charge in [0, 0.05) is 5.69 Å². The number of anilines is 1. The van der Waals surface area contributed by atoms with Crippen LogP contribution in [0.3, 0.4) is 0 Å². The van der Waals surface area contributed by atoms with Crippen LogP contribution in [0.15, 0.2) is 24.3 Å². The Kier molecular flexibility index (Phi) is 4.82. The van der Waals surface area contributed by atoms with E-state index in [1.54, 1.807) is 0 Å². The largest absolute Gasteiger partial charge is 0.481 e. The molecule has 0 fully saturated rings. The predicted molar refractivity (Wildman–Crippen MR) is 68.1 cm³/mol. The van der Waals surface area contributed by atoms with Crippen molar-refractivity contribution < 1.29 is 32.6 Å². The van der Waals surface area contributed by atoms with E-state index in [9.17, 15) is 22.8 Å². The van der Waals surface area contributed by atoms with Crippen LogP contribution in [0.1, 0.15) is 19.4 Å². The molecule has 116 valence electrons. The second-order valence-corrected chi connectivity index (χ2v) is 4.82. The van der Waals surface area contributed by atoms with Gasteiger partial charge in [-0.1, -0.05) is 12.1 Å². The summed E-state index contributed by atoms with van der Waals surface area (Å²) in [5.41, 5.74) is -0.425. The summed E-state index contributed by atoms with van der Waals surface area (Å²) in [6.45, 7) is 1.34. The van der Waals surface area contributed by atoms with E-state index in [-0.39, 0.29) is 5.69 Å². The van der Waals surface area contributed by atoms with Gasteiger partial charge >= 0.3 is 18.2 Å². The predicted octanol–water partition coefficient (Wildman–Crippen LogP) is 3.16. The zero-order chi connectivity index (χ0) is 16.3. The Labute approximate surface area is 118 Å². The molecule has 0 aromatic heterocycles. The lowest BCUT2D eigenvalue weighted by Crippen LogP contribution is -2.28. The molecule has 2 N–H and O–H groups in total. The number of amides is 1. The highest BCUT2D eigenvalue weighted by atomic mass is 19.4. The average Bonchev–Trinajstić information content (AvgIpc) is 2.36. The fourth-order valence-electron chi connectivity index (χ4n) is 1.40. The van der Waals surface area contributed by atoms with Gasteiger partial charge in [0.25, 0.3) is 0 Å². The lowest BCUT2D eigenvalue weighted by Gasteiger charge is -2.19. The van der Waals surface area contributed by atoms with Crippen molar-refractivity contribution in [1.82, 2.24) is 0 Å². The maximum atomic E-state index is 11.9. The van der Waals surface area contributed by atoms with Crippen molar-refractivity contribution in [3.8, 4) is 0 Å². The number of rotatable bonds is 4. The first-order valence-corrected chi connectivity index (χ1v) is 5.87. The minimum absolute atomic E-state index is 0.201. The molecule has 0 aliphatic heterocycles. The van der Waals surface area contributed by atoms with Crippen molar-refractivity contribution in [3.05, 3.63) is 29.8 Å². The standard InChI is InChI=1S/C13H14F3NO4/c1-12(2,10(18)19)8-3-5-9(6-4-8)17-11(20)21-7-13(14,15)16/h3-6H,7H2,1-2H3,(H,17,20)(H,18,19). The van der Waals surface area contributed by atoms with Crippen molar-refractivity contribution in [3.63, 3.8) is 0 Å². The monoisotopic (exact) mass is 305 g/mol. The number of nitrogens with one attached hydrogen (secondary N) is 1. The number of carbonyl (C=O) groups is 2. The summed E-state index contributed by atoms with van der Waals surface area (Å²) in [6.07, 6.45) is -5.83. The van der Waals surface area contributed by atoms with Crippen LogP contribution in [-0.2, 0) is 14.9 Å². The molecular weight excluding hydrogens is 291 g/mol. The van der Waals surface area contributed by atoms with Crippen LogP contribution in [0.5, 0.6) is 0 Å². The summed E-state index contributed by atoms with van der Waals surface area (Å²) < 4.78 is 39.5. The van der Waals surface area contributed by atoms with E-state index < -0.39 is 30.3 Å². The Hall–Kier alpha value is -2.25. The summed E-state index contributed by atoms with van der Waals surface area (Å²) in [5, 5.41) is 11.2. The van der Waals surface area contributed by atoms with E-state index in [2.05, 4.69) is 10.1 Å². The second-order valence-electron chi connectivity index (χ2n) is 4.82. The molecular formula is C13H14F3NO4. The topological polar surface area (TPSA) is 75.6 Å². The molecule has 0 heterocycles. The van der Waals surface area contributed by atoms with Gasteiger partial charge in [-0.25, -0.2) is 4.79 Å². The molecule has 0 bridgehead atoms. The SMILES string of the molecule is CC(C)(C(=O)O)c1ccc(NC(=O)OCC(F)(F)F)cc1. The smallest absolute Gasteiger partial charge is 0.422 e. The highest BCUT2D eigenvalue weighted by molar-refractivity contribution is 5.85. The Morgan fingerprint density at radius 3 is 2.14 bits per heavy atom. The van der Waals surface area contributed by atoms with Crippen molar-refractivity contribution in [1.29, 1.82) is 0 Å². The van der Waals surface area contributed by atoms with Gasteiger partial charge in [0.1, 0.15) is 0 Å². The van der Waals surface area contributed by atoms with E-state index in [4.69, 9.17) is 5.11 Å². The first-order valence-electron chi connectivity index (χ1n) is 5.87. The molecule has 8 heteroatoms. The summed E-state index contributed by atoms with van der Waals surface area (Å²) in [7, 11) is 0. The minimum Gasteiger partial charge on any atom is -0.481 e. The molecule has 1 aromatic carbocycles. The van der Waals surface area contributed by atoms with E-state index >= 15 is 0 Å². The highest BCUT2D eigenvalue weighted by Crippen LogP contribution is 2.25. The minimum atomic E-state index is -4.59. The molecule has 0 atom stereocenters. The van der Waals surface area contributed by atoms with Crippen molar-refractivity contribution in [2.45, 2.75) is 25.4 Å². The van der Waals surface area contributed by atoms with Crippen LogP contribution in [0.2, 0.25) is 0 Å². The lowest BCUT2D eigenvalue weighted by atomic mass is 9.85. The molecule has 0 aliphatic carbocycles. The van der Waals surface area contributed by atoms with Crippen molar-refractivity contribution in [2.24, 2.45) is 0 Å². The van der Waals surface area contributed by atoms with Crippen LogP contribution in [0.25, 0.3) is 0 Å². The fraction of sp³-hybridized carbons (Fsp3) is 0.385. The molecule has 1 aromatic rings. The zero-order valence-corrected chi connectivity index (χ0v) is 11.3. The Morgan fingerprint density at radius 1 is 1.19 bits per heavy atom. The van der Waals surface area contributed by atoms with Crippen LogP contribution in [0.4, 0.5) is 23.7 Å². The molecule has 21 heavy (non-hydrogen) atoms. The van der Waals surface area contributed by atoms with Gasteiger partial charge in [0.15, 0.2) is 6.61 Å². The normalized spacial score (nSPS) is 11.9. The van der Waals surface area contributed by atoms with Crippen molar-refractivity contribution >= 4 is 17.7 Å². The van der Waals surface area contributed by atoms with Gasteiger partial charge in [-0.05, 0) is 31.5 Å². The van der Waals surface area contributed by atoms with E-state index in [1.807, 2.05) is 0 Å².